The molecule has 0 spiro atoms. The van der Waals surface area contributed by atoms with Gasteiger partial charge in [0, 0.05) is 12.2 Å². The fourth-order valence-corrected chi connectivity index (χ4v) is 1.48. The van der Waals surface area contributed by atoms with Crippen LogP contribution in [0.2, 0.25) is 0 Å². The second-order valence-electron chi connectivity index (χ2n) is 6.07. The zero-order valence-electron chi connectivity index (χ0n) is 13.1. The predicted octanol–water partition coefficient (Wildman–Crippen LogP) is 3.41. The fraction of sp³-hybridized carbons (Fsp3) is 0.375. The first-order chi connectivity index (χ1) is 10.5. The summed E-state index contributed by atoms with van der Waals surface area (Å²) in [7, 11) is 0. The Morgan fingerprint density at radius 3 is 2.13 bits per heavy atom. The minimum Gasteiger partial charge on any atom is -0.348 e. The van der Waals surface area contributed by atoms with Gasteiger partial charge in [-0.15, -0.1) is 0 Å². The molecular formula is C16H19F3N2O2. The highest BCUT2D eigenvalue weighted by molar-refractivity contribution is 5.94. The van der Waals surface area contributed by atoms with Gasteiger partial charge in [0.25, 0.3) is 0 Å². The van der Waals surface area contributed by atoms with Crippen LogP contribution in [0.4, 0.5) is 18.9 Å². The van der Waals surface area contributed by atoms with E-state index in [4.69, 9.17) is 0 Å². The summed E-state index contributed by atoms with van der Waals surface area (Å²) in [5, 5.41) is 4.41. The molecule has 1 aromatic carbocycles. The number of halogens is 3. The molecule has 7 heteroatoms. The molecule has 23 heavy (non-hydrogen) atoms. The van der Waals surface area contributed by atoms with Crippen molar-refractivity contribution in [1.82, 2.24) is 5.32 Å². The summed E-state index contributed by atoms with van der Waals surface area (Å²) in [5.41, 5.74) is 0.637. The number of alkyl halides is 3. The van der Waals surface area contributed by atoms with E-state index in [1.807, 2.05) is 20.8 Å². The number of carbonyl (C=O) groups is 2. The molecule has 2 N–H and O–H groups in total. The molecule has 0 radical (unpaired) electrons. The molecule has 1 aromatic rings. The van der Waals surface area contributed by atoms with E-state index in [9.17, 15) is 22.8 Å². The molecule has 0 heterocycles. The fourth-order valence-electron chi connectivity index (χ4n) is 1.48. The van der Waals surface area contributed by atoms with Crippen LogP contribution in [0.15, 0.2) is 36.4 Å². The van der Waals surface area contributed by atoms with E-state index in [2.05, 4.69) is 5.32 Å². The van der Waals surface area contributed by atoms with Crippen LogP contribution in [0.3, 0.4) is 0 Å². The third kappa shape index (κ3) is 7.49. The van der Waals surface area contributed by atoms with Gasteiger partial charge in [-0.05, 0) is 29.2 Å². The van der Waals surface area contributed by atoms with Gasteiger partial charge in [-0.3, -0.25) is 9.59 Å². The standard InChI is InChI=1S/C16H19F3N2O2/c1-15(2,3)9-8-13(22)20-10-11-4-6-12(7-5-11)21-14(23)16(17,18)19/h4-9H,10H2,1-3H3,(H,20,22)(H,21,23)/b9-8+. The topological polar surface area (TPSA) is 58.2 Å². The van der Waals surface area contributed by atoms with Crippen LogP contribution >= 0.6 is 0 Å². The third-order valence-electron chi connectivity index (χ3n) is 2.67. The minimum atomic E-state index is -4.92. The highest BCUT2D eigenvalue weighted by Gasteiger charge is 2.38. The molecule has 4 nitrogen and oxygen atoms in total. The highest BCUT2D eigenvalue weighted by Crippen LogP contribution is 2.18. The molecule has 0 unspecified atom stereocenters. The van der Waals surface area contributed by atoms with Gasteiger partial charge in [-0.25, -0.2) is 0 Å². The van der Waals surface area contributed by atoms with Crippen molar-refractivity contribution in [3.05, 3.63) is 42.0 Å². The lowest BCUT2D eigenvalue weighted by Gasteiger charge is -2.11. The monoisotopic (exact) mass is 328 g/mol. The molecule has 0 aliphatic rings. The van der Waals surface area contributed by atoms with Crippen molar-refractivity contribution >= 4 is 17.5 Å². The van der Waals surface area contributed by atoms with Gasteiger partial charge >= 0.3 is 12.1 Å². The normalized spacial score (nSPS) is 12.3. The van der Waals surface area contributed by atoms with Crippen LogP contribution in [-0.4, -0.2) is 18.0 Å². The van der Waals surface area contributed by atoms with E-state index < -0.39 is 12.1 Å². The number of allylic oxidation sites excluding steroid dienone is 1. The Morgan fingerprint density at radius 1 is 1.09 bits per heavy atom. The van der Waals surface area contributed by atoms with Crippen LogP contribution in [-0.2, 0) is 16.1 Å². The lowest BCUT2D eigenvalue weighted by atomic mass is 9.96. The Labute approximate surface area is 132 Å². The van der Waals surface area contributed by atoms with Crippen molar-refractivity contribution in [3.8, 4) is 0 Å². The summed E-state index contributed by atoms with van der Waals surface area (Å²) in [6, 6.07) is 5.74. The maximum Gasteiger partial charge on any atom is 0.471 e. The molecule has 0 bridgehead atoms. The number of anilines is 1. The van der Waals surface area contributed by atoms with E-state index in [0.29, 0.717) is 5.56 Å². The molecule has 0 aromatic heterocycles. The van der Waals surface area contributed by atoms with Crippen LogP contribution in [0.5, 0.6) is 0 Å². The molecule has 0 atom stereocenters. The van der Waals surface area contributed by atoms with Crippen molar-refractivity contribution in [2.24, 2.45) is 5.41 Å². The zero-order chi connectivity index (χ0) is 17.7. The van der Waals surface area contributed by atoms with Crippen molar-refractivity contribution in [2.45, 2.75) is 33.5 Å². The van der Waals surface area contributed by atoms with Crippen LogP contribution in [0.1, 0.15) is 26.3 Å². The average Bonchev–Trinajstić information content (AvgIpc) is 2.42. The van der Waals surface area contributed by atoms with E-state index in [1.54, 1.807) is 11.4 Å². The third-order valence-corrected chi connectivity index (χ3v) is 2.67. The van der Waals surface area contributed by atoms with Gasteiger partial charge in [-0.2, -0.15) is 13.2 Å². The number of hydrogen-bond donors (Lipinski definition) is 2. The first-order valence-electron chi connectivity index (χ1n) is 6.91. The van der Waals surface area contributed by atoms with E-state index in [1.165, 1.54) is 30.3 Å². The molecule has 126 valence electrons. The second-order valence-corrected chi connectivity index (χ2v) is 6.07. The van der Waals surface area contributed by atoms with Crippen LogP contribution < -0.4 is 10.6 Å². The maximum atomic E-state index is 12.1. The molecule has 0 saturated carbocycles. The molecular weight excluding hydrogens is 309 g/mol. The molecule has 2 amide bonds. The summed E-state index contributed by atoms with van der Waals surface area (Å²) < 4.78 is 36.3. The van der Waals surface area contributed by atoms with Gasteiger partial charge in [-0.1, -0.05) is 39.0 Å². The summed E-state index contributed by atoms with van der Waals surface area (Å²) in [6.07, 6.45) is -1.71. The van der Waals surface area contributed by atoms with E-state index >= 15 is 0 Å². The average molecular weight is 328 g/mol. The Bertz CT molecular complexity index is 585. The van der Waals surface area contributed by atoms with Gasteiger partial charge in [0.1, 0.15) is 0 Å². The lowest BCUT2D eigenvalue weighted by Crippen LogP contribution is -2.29. The van der Waals surface area contributed by atoms with Crippen molar-refractivity contribution in [2.75, 3.05) is 5.32 Å². The number of hydrogen-bond acceptors (Lipinski definition) is 2. The first kappa shape index (κ1) is 18.7. The molecule has 0 aliphatic heterocycles. The largest absolute Gasteiger partial charge is 0.471 e. The van der Waals surface area contributed by atoms with Crippen LogP contribution in [0, 0.1) is 5.41 Å². The first-order valence-corrected chi connectivity index (χ1v) is 6.91. The number of benzene rings is 1. The molecule has 0 saturated heterocycles. The van der Waals surface area contributed by atoms with Crippen molar-refractivity contribution in [3.63, 3.8) is 0 Å². The quantitative estimate of drug-likeness (QED) is 0.832. The second kappa shape index (κ2) is 7.30. The summed E-state index contributed by atoms with van der Waals surface area (Å²) in [6.45, 7) is 6.13. The number of nitrogens with one attached hydrogen (secondary N) is 2. The Balaban J connectivity index is 2.53. The predicted molar refractivity (Wildman–Crippen MR) is 81.6 cm³/mol. The highest BCUT2D eigenvalue weighted by atomic mass is 19.4. The van der Waals surface area contributed by atoms with Gasteiger partial charge in [0.2, 0.25) is 5.91 Å². The summed E-state index contributed by atoms with van der Waals surface area (Å²) >= 11 is 0. The van der Waals surface area contributed by atoms with Crippen molar-refractivity contribution < 1.29 is 22.8 Å². The Morgan fingerprint density at radius 2 is 1.65 bits per heavy atom. The summed E-state index contributed by atoms with van der Waals surface area (Å²) in [5.74, 6) is -2.28. The lowest BCUT2D eigenvalue weighted by molar-refractivity contribution is -0.167. The summed E-state index contributed by atoms with van der Waals surface area (Å²) in [4.78, 5) is 22.4. The number of rotatable bonds is 4. The smallest absolute Gasteiger partial charge is 0.348 e. The molecule has 0 fully saturated rings. The minimum absolute atomic E-state index is 0.0371. The van der Waals surface area contributed by atoms with Crippen molar-refractivity contribution in [1.29, 1.82) is 0 Å². The zero-order valence-corrected chi connectivity index (χ0v) is 13.1. The van der Waals surface area contributed by atoms with E-state index in [-0.39, 0.29) is 23.6 Å². The molecule has 0 aliphatic carbocycles. The van der Waals surface area contributed by atoms with E-state index in [0.717, 1.165) is 0 Å². The Kier molecular flexibility index (Phi) is 5.95. The van der Waals surface area contributed by atoms with Gasteiger partial charge in [0.15, 0.2) is 0 Å². The number of amides is 2. The maximum absolute atomic E-state index is 12.1. The SMILES string of the molecule is CC(C)(C)/C=C/C(=O)NCc1ccc(NC(=O)C(F)(F)F)cc1. The molecule has 1 rings (SSSR count). The van der Waals surface area contributed by atoms with Gasteiger partial charge < -0.3 is 10.6 Å². The van der Waals surface area contributed by atoms with Gasteiger partial charge in [0.05, 0.1) is 0 Å². The Hall–Kier alpha value is -2.31. The van der Waals surface area contributed by atoms with Crippen LogP contribution in [0.25, 0.3) is 0 Å². The number of carbonyl (C=O) groups excluding carboxylic acids is 2.